The summed E-state index contributed by atoms with van der Waals surface area (Å²) in [5, 5.41) is 6.93. The Balaban J connectivity index is 1.81. The van der Waals surface area contributed by atoms with Gasteiger partial charge in [0.1, 0.15) is 0 Å². The monoisotopic (exact) mass is 240 g/mol. The second-order valence-corrected chi connectivity index (χ2v) is 5.50. The molecule has 1 fully saturated rings. The molecule has 2 heterocycles. The Kier molecular flexibility index (Phi) is 3.95. The maximum Gasteiger partial charge on any atom is 0.0969 e. The molecule has 0 spiro atoms. The summed E-state index contributed by atoms with van der Waals surface area (Å²) in [6, 6.07) is 0.517. The van der Waals surface area contributed by atoms with Crippen molar-refractivity contribution in [2.24, 2.45) is 0 Å². The van der Waals surface area contributed by atoms with Crippen molar-refractivity contribution in [2.75, 3.05) is 13.2 Å². The molecule has 90 valence electrons. The molecule has 0 aromatic carbocycles. The van der Waals surface area contributed by atoms with Gasteiger partial charge in [-0.05, 0) is 20.3 Å². The van der Waals surface area contributed by atoms with Crippen LogP contribution in [0.15, 0.2) is 5.38 Å². The molecule has 4 heteroatoms. The number of ether oxygens (including phenoxy) is 1. The molecule has 0 bridgehead atoms. The lowest BCUT2D eigenvalue weighted by molar-refractivity contribution is 0.113. The standard InChI is InChI=1S/C12H20N2OS/c1-8(12-14-9(2)7-16-12)6-13-11-4-5-15-10(11)3/h7-8,10-11,13H,4-6H2,1-3H3. The molecule has 1 aliphatic rings. The molecular weight excluding hydrogens is 220 g/mol. The Bertz CT molecular complexity index is 340. The lowest BCUT2D eigenvalue weighted by Crippen LogP contribution is -2.36. The van der Waals surface area contributed by atoms with E-state index in [4.69, 9.17) is 4.74 Å². The number of hydrogen-bond donors (Lipinski definition) is 1. The number of rotatable bonds is 4. The molecule has 1 N–H and O–H groups in total. The van der Waals surface area contributed by atoms with Crippen molar-refractivity contribution in [1.82, 2.24) is 10.3 Å². The first-order valence-corrected chi connectivity index (χ1v) is 6.82. The highest BCUT2D eigenvalue weighted by Gasteiger charge is 2.24. The number of thiazole rings is 1. The van der Waals surface area contributed by atoms with Crippen LogP contribution in [-0.4, -0.2) is 30.3 Å². The highest BCUT2D eigenvalue weighted by Crippen LogP contribution is 2.20. The summed E-state index contributed by atoms with van der Waals surface area (Å²) in [5.41, 5.74) is 1.13. The topological polar surface area (TPSA) is 34.1 Å². The smallest absolute Gasteiger partial charge is 0.0969 e. The summed E-state index contributed by atoms with van der Waals surface area (Å²) < 4.78 is 5.53. The van der Waals surface area contributed by atoms with E-state index in [1.165, 1.54) is 5.01 Å². The van der Waals surface area contributed by atoms with Crippen molar-refractivity contribution in [2.45, 2.75) is 45.3 Å². The molecule has 0 saturated carbocycles. The van der Waals surface area contributed by atoms with Crippen molar-refractivity contribution in [1.29, 1.82) is 0 Å². The predicted molar refractivity (Wildman–Crippen MR) is 67.1 cm³/mol. The zero-order valence-corrected chi connectivity index (χ0v) is 11.0. The fourth-order valence-corrected chi connectivity index (χ4v) is 2.87. The van der Waals surface area contributed by atoms with Crippen LogP contribution < -0.4 is 5.32 Å². The molecule has 1 aromatic rings. The van der Waals surface area contributed by atoms with Crippen LogP contribution in [-0.2, 0) is 4.74 Å². The minimum Gasteiger partial charge on any atom is -0.377 e. The molecule has 0 radical (unpaired) electrons. The second-order valence-electron chi connectivity index (χ2n) is 4.61. The van der Waals surface area contributed by atoms with Gasteiger partial charge in [-0.3, -0.25) is 0 Å². The summed E-state index contributed by atoms with van der Waals surface area (Å²) in [6.45, 7) is 8.30. The lowest BCUT2D eigenvalue weighted by atomic mass is 10.1. The summed E-state index contributed by atoms with van der Waals surface area (Å²) >= 11 is 1.76. The maximum atomic E-state index is 5.53. The van der Waals surface area contributed by atoms with Crippen LogP contribution in [0.5, 0.6) is 0 Å². The third-order valence-electron chi connectivity index (χ3n) is 3.12. The van der Waals surface area contributed by atoms with E-state index in [1.54, 1.807) is 11.3 Å². The largest absolute Gasteiger partial charge is 0.377 e. The first-order valence-electron chi connectivity index (χ1n) is 5.94. The summed E-state index contributed by atoms with van der Waals surface area (Å²) in [5.74, 6) is 0.492. The minimum atomic E-state index is 0.352. The van der Waals surface area contributed by atoms with Gasteiger partial charge in [0.25, 0.3) is 0 Å². The van der Waals surface area contributed by atoms with E-state index < -0.39 is 0 Å². The Morgan fingerprint density at radius 3 is 3.06 bits per heavy atom. The number of hydrogen-bond acceptors (Lipinski definition) is 4. The number of aromatic nitrogens is 1. The van der Waals surface area contributed by atoms with Gasteiger partial charge in [-0.1, -0.05) is 6.92 Å². The number of aryl methyl sites for hydroxylation is 1. The fraction of sp³-hybridized carbons (Fsp3) is 0.750. The predicted octanol–water partition coefficient (Wildman–Crippen LogP) is 2.32. The molecule has 0 aliphatic carbocycles. The lowest BCUT2D eigenvalue weighted by Gasteiger charge is -2.18. The van der Waals surface area contributed by atoms with Gasteiger partial charge in [-0.15, -0.1) is 11.3 Å². The second kappa shape index (κ2) is 5.25. The first-order chi connectivity index (χ1) is 7.66. The minimum absolute atomic E-state index is 0.352. The van der Waals surface area contributed by atoms with Crippen molar-refractivity contribution in [3.8, 4) is 0 Å². The van der Waals surface area contributed by atoms with E-state index in [1.807, 2.05) is 6.92 Å². The normalized spacial score (nSPS) is 27.2. The van der Waals surface area contributed by atoms with E-state index in [-0.39, 0.29) is 0 Å². The Morgan fingerprint density at radius 2 is 2.50 bits per heavy atom. The van der Waals surface area contributed by atoms with Crippen LogP contribution in [0.25, 0.3) is 0 Å². The van der Waals surface area contributed by atoms with Gasteiger partial charge in [0, 0.05) is 36.2 Å². The van der Waals surface area contributed by atoms with E-state index in [2.05, 4.69) is 29.5 Å². The van der Waals surface area contributed by atoms with Crippen LogP contribution in [0, 0.1) is 6.92 Å². The van der Waals surface area contributed by atoms with Crippen LogP contribution in [0.2, 0.25) is 0 Å². The van der Waals surface area contributed by atoms with Crippen molar-refractivity contribution in [3.63, 3.8) is 0 Å². The van der Waals surface area contributed by atoms with Crippen LogP contribution in [0.4, 0.5) is 0 Å². The Labute approximate surface area is 101 Å². The van der Waals surface area contributed by atoms with Gasteiger partial charge in [-0.25, -0.2) is 4.98 Å². The molecule has 3 atom stereocenters. The molecule has 16 heavy (non-hydrogen) atoms. The van der Waals surface area contributed by atoms with Gasteiger partial charge in [0.15, 0.2) is 0 Å². The Morgan fingerprint density at radius 1 is 1.69 bits per heavy atom. The Hall–Kier alpha value is -0.450. The SMILES string of the molecule is Cc1csc(C(C)CNC2CCOC2C)n1. The highest BCUT2D eigenvalue weighted by molar-refractivity contribution is 7.09. The third kappa shape index (κ3) is 2.81. The molecular formula is C12H20N2OS. The molecule has 2 rings (SSSR count). The van der Waals surface area contributed by atoms with Gasteiger partial charge in [-0.2, -0.15) is 0 Å². The van der Waals surface area contributed by atoms with Gasteiger partial charge in [0.05, 0.1) is 11.1 Å². The van der Waals surface area contributed by atoms with Crippen LogP contribution in [0.3, 0.4) is 0 Å². The molecule has 3 unspecified atom stereocenters. The van der Waals surface area contributed by atoms with Crippen molar-refractivity contribution in [3.05, 3.63) is 16.1 Å². The summed E-state index contributed by atoms with van der Waals surface area (Å²) in [6.07, 6.45) is 1.48. The molecule has 3 nitrogen and oxygen atoms in total. The van der Waals surface area contributed by atoms with E-state index in [0.29, 0.717) is 18.1 Å². The molecule has 0 amide bonds. The molecule has 1 aromatic heterocycles. The van der Waals surface area contributed by atoms with Gasteiger partial charge < -0.3 is 10.1 Å². The molecule has 1 saturated heterocycles. The van der Waals surface area contributed by atoms with Crippen LogP contribution in [0.1, 0.15) is 36.9 Å². The highest BCUT2D eigenvalue weighted by atomic mass is 32.1. The quantitative estimate of drug-likeness (QED) is 0.877. The zero-order valence-electron chi connectivity index (χ0n) is 10.2. The van der Waals surface area contributed by atoms with E-state index >= 15 is 0 Å². The summed E-state index contributed by atoms with van der Waals surface area (Å²) in [4.78, 5) is 4.52. The van der Waals surface area contributed by atoms with Gasteiger partial charge in [0.2, 0.25) is 0 Å². The van der Waals surface area contributed by atoms with Gasteiger partial charge >= 0.3 is 0 Å². The first kappa shape index (κ1) is 12.0. The maximum absolute atomic E-state index is 5.53. The van der Waals surface area contributed by atoms with Crippen molar-refractivity contribution >= 4 is 11.3 Å². The average molecular weight is 240 g/mol. The average Bonchev–Trinajstić information content (AvgIpc) is 2.84. The van der Waals surface area contributed by atoms with Crippen LogP contribution >= 0.6 is 11.3 Å². The zero-order chi connectivity index (χ0) is 11.5. The van der Waals surface area contributed by atoms with E-state index in [9.17, 15) is 0 Å². The fourth-order valence-electron chi connectivity index (χ4n) is 2.01. The number of nitrogens with one attached hydrogen (secondary N) is 1. The summed E-state index contributed by atoms with van der Waals surface area (Å²) in [7, 11) is 0. The molecule has 1 aliphatic heterocycles. The number of nitrogens with zero attached hydrogens (tertiary/aromatic N) is 1. The third-order valence-corrected chi connectivity index (χ3v) is 4.31. The van der Waals surface area contributed by atoms with E-state index in [0.717, 1.165) is 25.3 Å². The van der Waals surface area contributed by atoms with Crippen molar-refractivity contribution < 1.29 is 4.74 Å².